The number of hydrogen-bond acceptors (Lipinski definition) is 5. The molecule has 0 fully saturated rings. The number of aromatic nitrogens is 4. The number of urea groups is 1. The molecular formula is C19H18N6OS. The average Bonchev–Trinajstić information content (AvgIpc) is 3.28. The number of imidazole rings is 1. The van der Waals surface area contributed by atoms with E-state index in [1.807, 2.05) is 62.4 Å². The van der Waals surface area contributed by atoms with Gasteiger partial charge in [0.2, 0.25) is 5.13 Å². The highest BCUT2D eigenvalue weighted by Crippen LogP contribution is 2.28. The third kappa shape index (κ3) is 3.65. The van der Waals surface area contributed by atoms with Crippen molar-refractivity contribution >= 4 is 33.5 Å². The standard InChI is InChI=1S/C19H18N6OS/c1-11-7-3-4-8-13(11)17-24-25-19(27-17)23-18(26)20-12(2)16-21-14-9-5-6-10-15(14)22-16/h3-10,12H,1-2H3,(H,21,22)(H2,20,23,25,26)/t12-/m0/s1. The summed E-state index contributed by atoms with van der Waals surface area (Å²) in [7, 11) is 0. The normalized spacial score (nSPS) is 12.1. The van der Waals surface area contributed by atoms with Crippen molar-refractivity contribution in [3.8, 4) is 10.6 Å². The molecule has 136 valence electrons. The Morgan fingerprint density at radius 1 is 1.11 bits per heavy atom. The molecule has 0 saturated heterocycles. The van der Waals surface area contributed by atoms with Gasteiger partial charge in [0.25, 0.3) is 0 Å². The Balaban J connectivity index is 1.43. The smallest absolute Gasteiger partial charge is 0.321 e. The van der Waals surface area contributed by atoms with Crippen LogP contribution in [0.5, 0.6) is 0 Å². The molecule has 27 heavy (non-hydrogen) atoms. The molecule has 0 spiro atoms. The highest BCUT2D eigenvalue weighted by molar-refractivity contribution is 7.18. The zero-order valence-corrected chi connectivity index (χ0v) is 15.7. The van der Waals surface area contributed by atoms with E-state index in [2.05, 4.69) is 30.8 Å². The molecular weight excluding hydrogens is 360 g/mol. The Morgan fingerprint density at radius 3 is 2.70 bits per heavy atom. The van der Waals surface area contributed by atoms with Crippen LogP contribution in [0.1, 0.15) is 24.4 Å². The van der Waals surface area contributed by atoms with Crippen LogP contribution in [0.3, 0.4) is 0 Å². The van der Waals surface area contributed by atoms with Crippen molar-refractivity contribution in [2.45, 2.75) is 19.9 Å². The predicted molar refractivity (Wildman–Crippen MR) is 107 cm³/mol. The van der Waals surface area contributed by atoms with Gasteiger partial charge in [-0.15, -0.1) is 10.2 Å². The van der Waals surface area contributed by atoms with Crippen molar-refractivity contribution in [3.05, 3.63) is 59.9 Å². The first-order valence-electron chi connectivity index (χ1n) is 8.52. The first kappa shape index (κ1) is 17.2. The Morgan fingerprint density at radius 2 is 1.89 bits per heavy atom. The number of aryl methyl sites for hydroxylation is 1. The fourth-order valence-electron chi connectivity index (χ4n) is 2.77. The number of nitrogens with zero attached hydrogens (tertiary/aromatic N) is 3. The van der Waals surface area contributed by atoms with Crippen LogP contribution in [-0.4, -0.2) is 26.2 Å². The van der Waals surface area contributed by atoms with Gasteiger partial charge in [-0.1, -0.05) is 47.7 Å². The number of para-hydroxylation sites is 2. The molecule has 2 aromatic carbocycles. The molecule has 0 unspecified atom stereocenters. The van der Waals surface area contributed by atoms with Gasteiger partial charge in [0, 0.05) is 5.56 Å². The lowest BCUT2D eigenvalue weighted by atomic mass is 10.1. The highest BCUT2D eigenvalue weighted by atomic mass is 32.1. The minimum atomic E-state index is -0.351. The van der Waals surface area contributed by atoms with Crippen LogP contribution >= 0.6 is 11.3 Å². The lowest BCUT2D eigenvalue weighted by molar-refractivity contribution is 0.249. The Labute approximate surface area is 159 Å². The van der Waals surface area contributed by atoms with Crippen molar-refractivity contribution in [3.63, 3.8) is 0 Å². The number of hydrogen-bond donors (Lipinski definition) is 3. The molecule has 4 rings (SSSR count). The number of anilines is 1. The summed E-state index contributed by atoms with van der Waals surface area (Å²) in [5.74, 6) is 0.698. The van der Waals surface area contributed by atoms with Gasteiger partial charge in [-0.3, -0.25) is 5.32 Å². The molecule has 4 aromatic rings. The van der Waals surface area contributed by atoms with Gasteiger partial charge in [-0.25, -0.2) is 9.78 Å². The molecule has 2 amide bonds. The monoisotopic (exact) mass is 378 g/mol. The second kappa shape index (κ2) is 7.16. The number of amides is 2. The van der Waals surface area contributed by atoms with Crippen LogP contribution in [0.4, 0.5) is 9.93 Å². The van der Waals surface area contributed by atoms with E-state index in [-0.39, 0.29) is 12.1 Å². The second-order valence-electron chi connectivity index (χ2n) is 6.19. The third-order valence-electron chi connectivity index (χ3n) is 4.19. The SMILES string of the molecule is Cc1ccccc1-c1nnc(NC(=O)N[C@@H](C)c2nc3ccccc3[nH]2)s1. The number of carbonyl (C=O) groups excluding carboxylic acids is 1. The van der Waals surface area contributed by atoms with Crippen molar-refractivity contribution in [2.75, 3.05) is 5.32 Å². The van der Waals surface area contributed by atoms with E-state index in [0.29, 0.717) is 11.0 Å². The quantitative estimate of drug-likeness (QED) is 0.494. The minimum absolute atomic E-state index is 0.277. The largest absolute Gasteiger partial charge is 0.340 e. The van der Waals surface area contributed by atoms with Gasteiger partial charge >= 0.3 is 6.03 Å². The molecule has 0 radical (unpaired) electrons. The second-order valence-corrected chi connectivity index (χ2v) is 7.16. The molecule has 1 atom stereocenters. The number of aromatic amines is 1. The van der Waals surface area contributed by atoms with E-state index in [9.17, 15) is 4.79 Å². The summed E-state index contributed by atoms with van der Waals surface area (Å²) in [4.78, 5) is 20.0. The fourth-order valence-corrected chi connectivity index (χ4v) is 3.60. The number of fused-ring (bicyclic) bond motifs is 1. The van der Waals surface area contributed by atoms with Crippen molar-refractivity contribution < 1.29 is 4.79 Å². The topological polar surface area (TPSA) is 95.6 Å². The van der Waals surface area contributed by atoms with E-state index < -0.39 is 0 Å². The summed E-state index contributed by atoms with van der Waals surface area (Å²) < 4.78 is 0. The molecule has 0 aliphatic carbocycles. The third-order valence-corrected chi connectivity index (χ3v) is 5.06. The minimum Gasteiger partial charge on any atom is -0.340 e. The van der Waals surface area contributed by atoms with Crippen molar-refractivity contribution in [1.29, 1.82) is 0 Å². The van der Waals surface area contributed by atoms with Crippen molar-refractivity contribution in [2.24, 2.45) is 0 Å². The Bertz CT molecular complexity index is 1070. The molecule has 7 nitrogen and oxygen atoms in total. The van der Waals surface area contributed by atoms with E-state index in [4.69, 9.17) is 0 Å². The van der Waals surface area contributed by atoms with Crippen LogP contribution in [0.25, 0.3) is 21.6 Å². The summed E-state index contributed by atoms with van der Waals surface area (Å²) in [5.41, 5.74) is 3.93. The average molecular weight is 378 g/mol. The highest BCUT2D eigenvalue weighted by Gasteiger charge is 2.15. The number of carbonyl (C=O) groups is 1. The zero-order valence-electron chi connectivity index (χ0n) is 14.9. The molecule has 0 saturated carbocycles. The number of rotatable bonds is 4. The maximum atomic E-state index is 12.3. The van der Waals surface area contributed by atoms with Crippen LogP contribution in [0, 0.1) is 6.92 Å². The first-order valence-corrected chi connectivity index (χ1v) is 9.33. The molecule has 8 heteroatoms. The maximum Gasteiger partial charge on any atom is 0.321 e. The van der Waals surface area contributed by atoms with Crippen molar-refractivity contribution in [1.82, 2.24) is 25.5 Å². The predicted octanol–water partition coefficient (Wildman–Crippen LogP) is 4.27. The summed E-state index contributed by atoms with van der Waals surface area (Å²) >= 11 is 1.34. The lowest BCUT2D eigenvalue weighted by Gasteiger charge is -2.11. The van der Waals surface area contributed by atoms with Gasteiger partial charge in [0.15, 0.2) is 0 Å². The number of benzene rings is 2. The van der Waals surface area contributed by atoms with E-state index in [1.54, 1.807) is 0 Å². The van der Waals surface area contributed by atoms with Crippen LogP contribution in [-0.2, 0) is 0 Å². The maximum absolute atomic E-state index is 12.3. The molecule has 3 N–H and O–H groups in total. The molecule has 2 aromatic heterocycles. The zero-order chi connectivity index (χ0) is 18.8. The summed E-state index contributed by atoms with van der Waals surface area (Å²) in [6, 6.07) is 15.1. The molecule has 2 heterocycles. The van der Waals surface area contributed by atoms with Gasteiger partial charge in [-0.05, 0) is 31.5 Å². The first-order chi connectivity index (χ1) is 13.1. The summed E-state index contributed by atoms with van der Waals surface area (Å²) in [5, 5.41) is 15.1. The number of H-pyrrole nitrogens is 1. The molecule has 0 aliphatic rings. The molecule has 0 aliphatic heterocycles. The summed E-state index contributed by atoms with van der Waals surface area (Å²) in [6.45, 7) is 3.89. The van der Waals surface area contributed by atoms with Crippen LogP contribution in [0.15, 0.2) is 48.5 Å². The molecule has 0 bridgehead atoms. The van der Waals surface area contributed by atoms with E-state index >= 15 is 0 Å². The Hall–Kier alpha value is -3.26. The van der Waals surface area contributed by atoms with Gasteiger partial charge < -0.3 is 10.3 Å². The van der Waals surface area contributed by atoms with Gasteiger partial charge in [0.05, 0.1) is 17.1 Å². The fraction of sp³-hybridized carbons (Fsp3) is 0.158. The lowest BCUT2D eigenvalue weighted by Crippen LogP contribution is -2.31. The van der Waals surface area contributed by atoms with Gasteiger partial charge in [-0.2, -0.15) is 0 Å². The van der Waals surface area contributed by atoms with Gasteiger partial charge in [0.1, 0.15) is 10.8 Å². The number of nitrogens with one attached hydrogen (secondary N) is 3. The van der Waals surface area contributed by atoms with E-state index in [1.165, 1.54) is 11.3 Å². The van der Waals surface area contributed by atoms with Crippen LogP contribution < -0.4 is 10.6 Å². The van der Waals surface area contributed by atoms with Crippen LogP contribution in [0.2, 0.25) is 0 Å². The Kier molecular flexibility index (Phi) is 4.55. The summed E-state index contributed by atoms with van der Waals surface area (Å²) in [6.07, 6.45) is 0. The van der Waals surface area contributed by atoms with E-state index in [0.717, 1.165) is 27.2 Å².